The molecule has 0 saturated carbocycles. The number of methoxy groups -OCH3 is 2. The molecule has 7 aromatic carbocycles. The quantitative estimate of drug-likeness (QED) is 0.0110. The van der Waals surface area contributed by atoms with E-state index in [0.717, 1.165) is 52.6 Å². The van der Waals surface area contributed by atoms with Gasteiger partial charge in [0, 0.05) is 6.42 Å². The van der Waals surface area contributed by atoms with E-state index in [4.69, 9.17) is 39.6 Å². The van der Waals surface area contributed by atoms with Crippen molar-refractivity contribution in [3.63, 3.8) is 0 Å². The van der Waals surface area contributed by atoms with E-state index in [1.54, 1.807) is 25.7 Å². The fourth-order valence-corrected chi connectivity index (χ4v) is 13.8. The molecule has 2 aromatic heterocycles. The maximum Gasteiger partial charge on any atom is 0.323 e. The largest absolute Gasteiger partial charge is 0.497 e. The molecule has 1 unspecified atom stereocenters. The number of unbranched alkanes of at least 4 members (excludes halogenated alkanes) is 7. The monoisotopic (exact) mass is 1200 g/mol. The minimum Gasteiger partial charge on any atom is -0.497 e. The molecule has 10 rings (SSSR count). The molecule has 1 saturated heterocycles. The number of carbonyl (C=O) groups is 1. The zero-order chi connectivity index (χ0) is 61.4. The average Bonchev–Trinajstić information content (AvgIpc) is 1.44. The highest BCUT2D eigenvalue weighted by atomic mass is 31.2. The Balaban J connectivity index is 1.06. The molecule has 0 radical (unpaired) electrons. The number of hydrogen-bond acceptors (Lipinski definition) is 12. The first-order valence-corrected chi connectivity index (χ1v) is 32.0. The second kappa shape index (κ2) is 29.0. The third-order valence-corrected chi connectivity index (χ3v) is 18.5. The fourth-order valence-electron chi connectivity index (χ4n) is 11.8. The van der Waals surface area contributed by atoms with Gasteiger partial charge >= 0.3 is 12.0 Å². The summed E-state index contributed by atoms with van der Waals surface area (Å²) in [6, 6.07) is 62.7. The van der Waals surface area contributed by atoms with E-state index in [-0.39, 0.29) is 36.2 Å². The van der Waals surface area contributed by atoms with E-state index in [0.29, 0.717) is 23.5 Å². The number of esters is 1. The number of imidazole rings is 1. The zero-order valence-electron chi connectivity index (χ0n) is 50.3. The van der Waals surface area contributed by atoms with Gasteiger partial charge in [-0.2, -0.15) is 14.4 Å². The van der Waals surface area contributed by atoms with Gasteiger partial charge in [0.25, 0.3) is 7.52 Å². The number of ether oxygens (including phenoxy) is 5. The lowest BCUT2D eigenvalue weighted by molar-refractivity contribution is -0.145. The molecular weight excluding hydrogens is 1130 g/mol. The minimum absolute atomic E-state index is 0.00662. The van der Waals surface area contributed by atoms with Crippen molar-refractivity contribution in [1.29, 1.82) is 0 Å². The van der Waals surface area contributed by atoms with Gasteiger partial charge in [-0.3, -0.25) is 13.9 Å². The van der Waals surface area contributed by atoms with Crippen LogP contribution in [0.3, 0.4) is 0 Å². The van der Waals surface area contributed by atoms with Crippen molar-refractivity contribution in [2.45, 2.75) is 113 Å². The maximum absolute atomic E-state index is 16.7. The van der Waals surface area contributed by atoms with Crippen molar-refractivity contribution in [3.05, 3.63) is 252 Å². The number of aromatic nitrogens is 4. The van der Waals surface area contributed by atoms with Crippen LogP contribution in [-0.2, 0) is 45.4 Å². The Labute approximate surface area is 515 Å². The summed E-state index contributed by atoms with van der Waals surface area (Å²) in [6.45, 7) is 3.54. The number of halogens is 1. The van der Waals surface area contributed by atoms with Gasteiger partial charge in [0.1, 0.15) is 41.0 Å². The van der Waals surface area contributed by atoms with Crippen molar-refractivity contribution in [1.82, 2.24) is 24.6 Å². The van der Waals surface area contributed by atoms with Crippen LogP contribution in [0.15, 0.2) is 207 Å². The van der Waals surface area contributed by atoms with Crippen LogP contribution in [0, 0.1) is 18.4 Å². The molecule has 88 heavy (non-hydrogen) atoms. The summed E-state index contributed by atoms with van der Waals surface area (Å²) in [5.41, 5.74) is 1.26. The summed E-state index contributed by atoms with van der Waals surface area (Å²) < 4.78 is 72.9. The molecule has 9 aromatic rings. The van der Waals surface area contributed by atoms with Gasteiger partial charge in [-0.25, -0.2) is 10.1 Å². The van der Waals surface area contributed by atoms with Crippen LogP contribution in [0.4, 0.5) is 10.2 Å². The van der Waals surface area contributed by atoms with Crippen LogP contribution in [0.1, 0.15) is 117 Å². The van der Waals surface area contributed by atoms with Gasteiger partial charge in [-0.1, -0.05) is 234 Å². The summed E-state index contributed by atoms with van der Waals surface area (Å²) in [5.74, 6) is 3.77. The van der Waals surface area contributed by atoms with E-state index in [1.165, 1.54) is 32.0 Å². The molecule has 0 spiro atoms. The van der Waals surface area contributed by atoms with Gasteiger partial charge in [0.15, 0.2) is 22.6 Å². The first-order valence-electron chi connectivity index (χ1n) is 30.2. The second-order valence-electron chi connectivity index (χ2n) is 22.2. The Morgan fingerprint density at radius 1 is 0.705 bits per heavy atom. The molecule has 0 aliphatic carbocycles. The summed E-state index contributed by atoms with van der Waals surface area (Å²) >= 11 is 0. The van der Waals surface area contributed by atoms with Crippen molar-refractivity contribution < 1.29 is 42.0 Å². The van der Waals surface area contributed by atoms with Crippen LogP contribution in [0.5, 0.6) is 11.5 Å². The Kier molecular flexibility index (Phi) is 20.6. The van der Waals surface area contributed by atoms with Gasteiger partial charge in [0.05, 0.1) is 39.9 Å². The van der Waals surface area contributed by atoms with Crippen LogP contribution < -0.4 is 19.9 Å². The lowest BCUT2D eigenvalue weighted by Crippen LogP contribution is -2.49. The highest BCUT2D eigenvalue weighted by Crippen LogP contribution is 2.53. The normalized spacial score (nSPS) is 17.0. The van der Waals surface area contributed by atoms with Crippen LogP contribution in [0.25, 0.3) is 11.2 Å². The molecule has 1 aliphatic heterocycles. The summed E-state index contributed by atoms with van der Waals surface area (Å²) in [6.07, 6.45) is 13.8. The number of fused-ring (bicyclic) bond motifs is 1. The molecule has 0 bridgehead atoms. The van der Waals surface area contributed by atoms with E-state index in [1.807, 2.05) is 200 Å². The lowest BCUT2D eigenvalue weighted by atomic mass is 9.77. The molecule has 14 nitrogen and oxygen atoms in total. The van der Waals surface area contributed by atoms with Gasteiger partial charge in [-0.15, -0.1) is 6.42 Å². The maximum atomic E-state index is 16.7. The Hall–Kier alpha value is -8.48. The Bertz CT molecular complexity index is 3690. The highest BCUT2D eigenvalue weighted by Gasteiger charge is 2.55. The van der Waals surface area contributed by atoms with E-state index in [9.17, 15) is 4.79 Å². The average molecular weight is 1200 g/mol. The van der Waals surface area contributed by atoms with Crippen molar-refractivity contribution in [2.24, 2.45) is 0 Å². The molecular formula is C72H76FN6O8P. The summed E-state index contributed by atoms with van der Waals surface area (Å²) in [4.78, 5) is 27.6. The van der Waals surface area contributed by atoms with Crippen LogP contribution in [-0.4, -0.2) is 70.7 Å². The molecule has 2 N–H and O–H groups in total. The highest BCUT2D eigenvalue weighted by molar-refractivity contribution is 7.56. The topological polar surface area (TPSA) is 157 Å². The smallest absolute Gasteiger partial charge is 0.323 e. The van der Waals surface area contributed by atoms with E-state index >= 15 is 8.96 Å². The van der Waals surface area contributed by atoms with Crippen molar-refractivity contribution in [2.75, 3.05) is 32.8 Å². The van der Waals surface area contributed by atoms with Gasteiger partial charge < -0.3 is 33.5 Å². The van der Waals surface area contributed by atoms with E-state index < -0.39 is 61.3 Å². The Morgan fingerprint density at radius 2 is 1.19 bits per heavy atom. The number of carbonyl (C=O) groups excluding carboxylic acids is 1. The van der Waals surface area contributed by atoms with Crippen LogP contribution in [0.2, 0.25) is 0 Å². The van der Waals surface area contributed by atoms with Crippen molar-refractivity contribution in [3.8, 4) is 23.8 Å². The number of terminal acetylenes is 1. The summed E-state index contributed by atoms with van der Waals surface area (Å²) in [5, 5.41) is 6.77. The van der Waals surface area contributed by atoms with Crippen molar-refractivity contribution >= 4 is 30.5 Å². The van der Waals surface area contributed by atoms with Gasteiger partial charge in [0.2, 0.25) is 0 Å². The second-order valence-corrected chi connectivity index (χ2v) is 24.4. The molecule has 454 valence electrons. The number of hydrogen-bond donors (Lipinski definition) is 2. The number of anilines is 1. The SMILES string of the molecule is C#C[C@]1(COP(=O)(Cc2ccccc2)N[C@@H](C)C(=O)OCCCCCCCCCC)O[C@@H](n2cnc3c(NC(c4ccccc4)(c4ccccc4)c4ccc(OC)cc4)nc(F)nc32)C[C@@H]1OC(c1ccccc1)(c1ccccc1)c1ccc(OC)cc1. The number of rotatable bonds is 30. The lowest BCUT2D eigenvalue weighted by Gasteiger charge is -2.41. The molecule has 5 atom stereocenters. The third-order valence-electron chi connectivity index (χ3n) is 16.4. The minimum atomic E-state index is -4.12. The number of nitrogens with one attached hydrogen (secondary N) is 2. The third kappa shape index (κ3) is 13.9. The molecule has 0 amide bonds. The van der Waals surface area contributed by atoms with E-state index in [2.05, 4.69) is 33.2 Å². The fraction of sp³-hybridized carbons (Fsp3) is 0.306. The standard InChI is InChI=1S/C72H76FN6O8P/c1-6-8-9-10-11-12-13-29-48-84-68(80)53(3)78-88(81,50-54-30-19-14-20-31-54)85-51-70(7-2)63(86-72(58-36-25-17-26-37-58,59-38-27-18-28-39-59)60-42-46-62(83-5)47-43-60)49-64(87-70)79-52-74-65-66(75-69(73)76-67(65)79)77-71(55-32-21-15-22-33-55,56-34-23-16-24-35-56)57-40-44-61(82-4)45-41-57/h2,14-28,30-47,52-53,63-64H,6,8-13,29,48-51H2,1,3-5H3,(H,78,81)(H,75,76,77)/t53-,63-,64+,70+,88?/m0/s1. The predicted molar refractivity (Wildman–Crippen MR) is 341 cm³/mol. The first kappa shape index (κ1) is 62.6. The number of benzene rings is 7. The molecule has 1 aliphatic rings. The molecule has 3 heterocycles. The van der Waals surface area contributed by atoms with Crippen LogP contribution >= 0.6 is 7.52 Å². The molecule has 1 fully saturated rings. The zero-order valence-corrected chi connectivity index (χ0v) is 51.2. The number of nitrogens with zero attached hydrogens (tertiary/aromatic N) is 4. The first-order chi connectivity index (χ1) is 43.0. The Morgan fingerprint density at radius 3 is 1.73 bits per heavy atom. The molecule has 16 heteroatoms. The summed E-state index contributed by atoms with van der Waals surface area (Å²) in [7, 11) is -0.898. The predicted octanol–water partition coefficient (Wildman–Crippen LogP) is 15.1. The van der Waals surface area contributed by atoms with Gasteiger partial charge in [-0.05, 0) is 76.6 Å².